The summed E-state index contributed by atoms with van der Waals surface area (Å²) in [6, 6.07) is 7.09. The Morgan fingerprint density at radius 3 is 2.04 bits per heavy atom. The van der Waals surface area contributed by atoms with Gasteiger partial charge in [0.2, 0.25) is 5.91 Å². The third-order valence-electron chi connectivity index (χ3n) is 4.33. The molecular weight excluding hydrogens is 405 g/mol. The lowest BCUT2D eigenvalue weighted by Crippen LogP contribution is -2.43. The molecule has 0 saturated carbocycles. The lowest BCUT2D eigenvalue weighted by atomic mass is 10.1. The standard InChI is InChI=1S/C19H15Cl2N3O4/c1-9-3-4-11(5-10(9)2)22-19(28)23-16(25)8-24-17(26)12-6-14(20)15(21)7-13(12)18(24)27/h3-7H,8H2,1-2H3,(H2,22,23,25,28). The van der Waals surface area contributed by atoms with Crippen molar-refractivity contribution in [3.63, 3.8) is 0 Å². The molecule has 1 heterocycles. The molecule has 2 aromatic rings. The number of imide groups is 2. The van der Waals surface area contributed by atoms with Crippen molar-refractivity contribution in [1.29, 1.82) is 0 Å². The van der Waals surface area contributed by atoms with Crippen molar-refractivity contribution in [2.75, 3.05) is 11.9 Å². The first-order valence-electron chi connectivity index (χ1n) is 8.20. The van der Waals surface area contributed by atoms with Crippen LogP contribution in [0.5, 0.6) is 0 Å². The molecule has 0 fully saturated rings. The normalized spacial score (nSPS) is 12.8. The van der Waals surface area contributed by atoms with Crippen LogP contribution in [-0.2, 0) is 4.79 Å². The van der Waals surface area contributed by atoms with E-state index in [9.17, 15) is 19.2 Å². The average Bonchev–Trinajstić information content (AvgIpc) is 2.83. The Kier molecular flexibility index (Phi) is 5.40. The minimum absolute atomic E-state index is 0.0618. The van der Waals surface area contributed by atoms with E-state index in [0.717, 1.165) is 16.0 Å². The molecule has 0 atom stereocenters. The van der Waals surface area contributed by atoms with E-state index in [-0.39, 0.29) is 21.2 Å². The molecule has 28 heavy (non-hydrogen) atoms. The summed E-state index contributed by atoms with van der Waals surface area (Å²) in [7, 11) is 0. The van der Waals surface area contributed by atoms with Gasteiger partial charge in [0.15, 0.2) is 0 Å². The Morgan fingerprint density at radius 1 is 0.929 bits per heavy atom. The lowest BCUT2D eigenvalue weighted by Gasteiger charge is -2.13. The summed E-state index contributed by atoms with van der Waals surface area (Å²) in [6.07, 6.45) is 0. The topological polar surface area (TPSA) is 95.6 Å². The molecule has 0 bridgehead atoms. The molecule has 0 radical (unpaired) electrons. The highest BCUT2D eigenvalue weighted by molar-refractivity contribution is 6.43. The van der Waals surface area contributed by atoms with E-state index in [1.807, 2.05) is 19.9 Å². The van der Waals surface area contributed by atoms with Gasteiger partial charge in [0, 0.05) is 5.69 Å². The number of fused-ring (bicyclic) bond motifs is 1. The number of amides is 5. The van der Waals surface area contributed by atoms with Gasteiger partial charge in [0.25, 0.3) is 11.8 Å². The predicted octanol–water partition coefficient (Wildman–Crippen LogP) is 3.55. The maximum atomic E-state index is 12.4. The molecule has 0 spiro atoms. The number of rotatable bonds is 3. The fraction of sp³-hybridized carbons (Fsp3) is 0.158. The Morgan fingerprint density at radius 2 is 1.50 bits per heavy atom. The van der Waals surface area contributed by atoms with Crippen LogP contribution < -0.4 is 10.6 Å². The third-order valence-corrected chi connectivity index (χ3v) is 5.05. The van der Waals surface area contributed by atoms with E-state index in [0.29, 0.717) is 5.69 Å². The van der Waals surface area contributed by atoms with Crippen molar-refractivity contribution in [3.05, 3.63) is 62.6 Å². The van der Waals surface area contributed by atoms with Gasteiger partial charge in [-0.3, -0.25) is 24.6 Å². The zero-order chi connectivity index (χ0) is 20.6. The van der Waals surface area contributed by atoms with E-state index in [1.54, 1.807) is 12.1 Å². The highest BCUT2D eigenvalue weighted by Gasteiger charge is 2.37. The van der Waals surface area contributed by atoms with Gasteiger partial charge in [-0.2, -0.15) is 0 Å². The van der Waals surface area contributed by atoms with Crippen molar-refractivity contribution in [1.82, 2.24) is 10.2 Å². The highest BCUT2D eigenvalue weighted by atomic mass is 35.5. The van der Waals surface area contributed by atoms with Gasteiger partial charge in [0.1, 0.15) is 6.54 Å². The molecule has 0 aliphatic carbocycles. The van der Waals surface area contributed by atoms with Crippen LogP contribution in [0.25, 0.3) is 0 Å². The number of benzene rings is 2. The van der Waals surface area contributed by atoms with Gasteiger partial charge >= 0.3 is 6.03 Å². The van der Waals surface area contributed by atoms with Crippen LogP contribution in [0.3, 0.4) is 0 Å². The minimum Gasteiger partial charge on any atom is -0.308 e. The number of nitrogens with zero attached hydrogens (tertiary/aromatic N) is 1. The quantitative estimate of drug-likeness (QED) is 0.743. The van der Waals surface area contributed by atoms with E-state index in [1.165, 1.54) is 12.1 Å². The van der Waals surface area contributed by atoms with Crippen molar-refractivity contribution in [2.24, 2.45) is 0 Å². The predicted molar refractivity (Wildman–Crippen MR) is 105 cm³/mol. The molecule has 9 heteroatoms. The van der Waals surface area contributed by atoms with Crippen LogP contribution >= 0.6 is 23.2 Å². The van der Waals surface area contributed by atoms with Crippen LogP contribution in [0.15, 0.2) is 30.3 Å². The Hall–Kier alpha value is -2.90. The summed E-state index contributed by atoms with van der Waals surface area (Å²) in [4.78, 5) is 49.6. The van der Waals surface area contributed by atoms with Gasteiger partial charge < -0.3 is 5.32 Å². The van der Waals surface area contributed by atoms with Crippen molar-refractivity contribution < 1.29 is 19.2 Å². The summed E-state index contributed by atoms with van der Waals surface area (Å²) in [5, 5.41) is 4.87. The largest absolute Gasteiger partial charge is 0.325 e. The summed E-state index contributed by atoms with van der Waals surface area (Å²) in [5.41, 5.74) is 2.68. The Balaban J connectivity index is 1.65. The number of urea groups is 1. The fourth-order valence-electron chi connectivity index (χ4n) is 2.72. The summed E-state index contributed by atoms with van der Waals surface area (Å²) >= 11 is 11.8. The smallest absolute Gasteiger partial charge is 0.308 e. The first-order valence-corrected chi connectivity index (χ1v) is 8.96. The number of carbonyl (C=O) groups is 4. The second-order valence-electron chi connectivity index (χ2n) is 6.31. The lowest BCUT2D eigenvalue weighted by molar-refractivity contribution is -0.120. The molecule has 1 aliphatic heterocycles. The number of hydrogen-bond acceptors (Lipinski definition) is 4. The zero-order valence-corrected chi connectivity index (χ0v) is 16.4. The first-order chi connectivity index (χ1) is 13.2. The third kappa shape index (κ3) is 3.85. The SMILES string of the molecule is Cc1ccc(NC(=O)NC(=O)CN2C(=O)c3cc(Cl)c(Cl)cc3C2=O)cc1C. The Labute approximate surface area is 170 Å². The summed E-state index contributed by atoms with van der Waals surface area (Å²) < 4.78 is 0. The average molecular weight is 420 g/mol. The van der Waals surface area contributed by atoms with Crippen molar-refractivity contribution >= 4 is 52.6 Å². The number of aryl methyl sites for hydroxylation is 2. The maximum absolute atomic E-state index is 12.4. The van der Waals surface area contributed by atoms with Crippen molar-refractivity contribution in [3.8, 4) is 0 Å². The molecule has 3 rings (SSSR count). The highest BCUT2D eigenvalue weighted by Crippen LogP contribution is 2.31. The monoisotopic (exact) mass is 419 g/mol. The second kappa shape index (κ2) is 7.61. The van der Waals surface area contributed by atoms with Crippen molar-refractivity contribution in [2.45, 2.75) is 13.8 Å². The summed E-state index contributed by atoms with van der Waals surface area (Å²) in [6.45, 7) is 3.22. The van der Waals surface area contributed by atoms with Gasteiger partial charge in [-0.1, -0.05) is 29.3 Å². The van der Waals surface area contributed by atoms with Crippen LogP contribution in [0, 0.1) is 13.8 Å². The van der Waals surface area contributed by atoms with Gasteiger partial charge in [0.05, 0.1) is 21.2 Å². The fourth-order valence-corrected chi connectivity index (χ4v) is 3.05. The molecular formula is C19H15Cl2N3O4. The molecule has 7 nitrogen and oxygen atoms in total. The molecule has 0 saturated heterocycles. The molecule has 5 amide bonds. The number of hydrogen-bond donors (Lipinski definition) is 2. The maximum Gasteiger partial charge on any atom is 0.325 e. The molecule has 144 valence electrons. The van der Waals surface area contributed by atoms with Crippen LogP contribution in [0.4, 0.5) is 10.5 Å². The van der Waals surface area contributed by atoms with Gasteiger partial charge in [-0.15, -0.1) is 0 Å². The number of halogens is 2. The number of anilines is 1. The van der Waals surface area contributed by atoms with Crippen LogP contribution in [0.2, 0.25) is 10.0 Å². The van der Waals surface area contributed by atoms with E-state index < -0.39 is 30.3 Å². The Bertz CT molecular complexity index is 995. The van der Waals surface area contributed by atoms with Gasteiger partial charge in [-0.05, 0) is 49.2 Å². The van der Waals surface area contributed by atoms with E-state index in [2.05, 4.69) is 10.6 Å². The van der Waals surface area contributed by atoms with Crippen LogP contribution in [0.1, 0.15) is 31.8 Å². The molecule has 0 unspecified atom stereocenters. The van der Waals surface area contributed by atoms with E-state index >= 15 is 0 Å². The molecule has 2 N–H and O–H groups in total. The van der Waals surface area contributed by atoms with E-state index in [4.69, 9.17) is 23.2 Å². The second-order valence-corrected chi connectivity index (χ2v) is 7.12. The molecule has 2 aromatic carbocycles. The molecule has 1 aliphatic rings. The first kappa shape index (κ1) is 19.9. The zero-order valence-electron chi connectivity index (χ0n) is 14.9. The van der Waals surface area contributed by atoms with Gasteiger partial charge in [-0.25, -0.2) is 4.79 Å². The number of nitrogens with one attached hydrogen (secondary N) is 2. The molecule has 0 aromatic heterocycles. The summed E-state index contributed by atoms with van der Waals surface area (Å²) in [5.74, 6) is -2.17. The van der Waals surface area contributed by atoms with Crippen LogP contribution in [-0.4, -0.2) is 35.2 Å². The minimum atomic E-state index is -0.812. The number of carbonyl (C=O) groups excluding carboxylic acids is 4.